The number of carbonyl (C=O) groups excluding carboxylic acids is 1. The van der Waals surface area contributed by atoms with Gasteiger partial charge in [0.05, 0.1) is 5.69 Å². The van der Waals surface area contributed by atoms with Gasteiger partial charge in [-0.1, -0.05) is 12.1 Å². The van der Waals surface area contributed by atoms with E-state index >= 15 is 0 Å². The Labute approximate surface area is 112 Å². The number of aromatic nitrogens is 2. The number of nitrogens with zero attached hydrogens (tertiary/aromatic N) is 3. The lowest BCUT2D eigenvalue weighted by Crippen LogP contribution is -2.21. The van der Waals surface area contributed by atoms with Crippen LogP contribution in [0.15, 0.2) is 36.7 Å². The molecule has 19 heavy (non-hydrogen) atoms. The molecule has 98 valence electrons. The Morgan fingerprint density at radius 1 is 1.21 bits per heavy atom. The summed E-state index contributed by atoms with van der Waals surface area (Å²) in [6.45, 7) is 0. The molecule has 0 spiro atoms. The number of benzene rings is 1. The fourth-order valence-corrected chi connectivity index (χ4v) is 1.72. The van der Waals surface area contributed by atoms with Crippen LogP contribution in [-0.4, -0.2) is 41.9 Å². The zero-order chi connectivity index (χ0) is 13.8. The van der Waals surface area contributed by atoms with E-state index < -0.39 is 0 Å². The van der Waals surface area contributed by atoms with Crippen LogP contribution in [0.5, 0.6) is 0 Å². The van der Waals surface area contributed by atoms with Crippen LogP contribution in [0.2, 0.25) is 0 Å². The van der Waals surface area contributed by atoms with Crippen LogP contribution >= 0.6 is 0 Å². The summed E-state index contributed by atoms with van der Waals surface area (Å²) in [6.07, 6.45) is 1.50. The van der Waals surface area contributed by atoms with Gasteiger partial charge in [0.2, 0.25) is 0 Å². The van der Waals surface area contributed by atoms with Gasteiger partial charge < -0.3 is 10.2 Å². The van der Waals surface area contributed by atoms with Crippen molar-refractivity contribution >= 4 is 11.7 Å². The van der Waals surface area contributed by atoms with Crippen molar-refractivity contribution in [2.24, 2.45) is 0 Å². The van der Waals surface area contributed by atoms with Crippen LogP contribution in [0.3, 0.4) is 0 Å². The van der Waals surface area contributed by atoms with Gasteiger partial charge in [0.25, 0.3) is 5.91 Å². The third kappa shape index (κ3) is 2.88. The Bertz CT molecular complexity index is 596. The standard InChI is InChI=1S/C14H16N4O/c1-15-13-8-12(16-9-17-13)10-5-4-6-11(7-10)14(19)18(2)3/h4-9H,1-3H3,(H,15,16,17). The lowest BCUT2D eigenvalue weighted by molar-refractivity contribution is 0.0827. The van der Waals surface area contributed by atoms with Crippen LogP contribution in [0.4, 0.5) is 5.82 Å². The molecule has 1 aromatic carbocycles. The summed E-state index contributed by atoms with van der Waals surface area (Å²) in [5.41, 5.74) is 2.33. The zero-order valence-corrected chi connectivity index (χ0v) is 11.2. The lowest BCUT2D eigenvalue weighted by atomic mass is 10.1. The van der Waals surface area contributed by atoms with E-state index in [4.69, 9.17) is 0 Å². The van der Waals surface area contributed by atoms with E-state index in [0.717, 1.165) is 17.1 Å². The van der Waals surface area contributed by atoms with Crippen molar-refractivity contribution < 1.29 is 4.79 Å². The van der Waals surface area contributed by atoms with Crippen molar-refractivity contribution in [1.29, 1.82) is 0 Å². The number of carbonyl (C=O) groups is 1. The molecule has 0 fully saturated rings. The maximum atomic E-state index is 11.9. The van der Waals surface area contributed by atoms with E-state index in [-0.39, 0.29) is 5.91 Å². The Hall–Kier alpha value is -2.43. The van der Waals surface area contributed by atoms with E-state index in [1.54, 1.807) is 32.1 Å². The second-order valence-electron chi connectivity index (χ2n) is 4.32. The summed E-state index contributed by atoms with van der Waals surface area (Å²) in [7, 11) is 5.27. The first-order chi connectivity index (χ1) is 9.11. The normalized spacial score (nSPS) is 10.1. The predicted molar refractivity (Wildman–Crippen MR) is 75.0 cm³/mol. The van der Waals surface area contributed by atoms with Gasteiger partial charge in [-0.15, -0.1) is 0 Å². The molecular formula is C14H16N4O. The Morgan fingerprint density at radius 3 is 2.68 bits per heavy atom. The van der Waals surface area contributed by atoms with Crippen molar-refractivity contribution in [3.63, 3.8) is 0 Å². The van der Waals surface area contributed by atoms with Crippen LogP contribution in [0, 0.1) is 0 Å². The molecule has 1 heterocycles. The molecule has 5 nitrogen and oxygen atoms in total. The summed E-state index contributed by atoms with van der Waals surface area (Å²) >= 11 is 0. The Balaban J connectivity index is 2.40. The second kappa shape index (κ2) is 5.48. The molecule has 0 aliphatic heterocycles. The first-order valence-electron chi connectivity index (χ1n) is 5.93. The summed E-state index contributed by atoms with van der Waals surface area (Å²) < 4.78 is 0. The van der Waals surface area contributed by atoms with Crippen molar-refractivity contribution in [2.75, 3.05) is 26.5 Å². The van der Waals surface area contributed by atoms with E-state index in [1.165, 1.54) is 6.33 Å². The molecule has 0 aliphatic rings. The van der Waals surface area contributed by atoms with Crippen LogP contribution in [0.25, 0.3) is 11.3 Å². The minimum atomic E-state index is -0.0234. The van der Waals surface area contributed by atoms with Crippen LogP contribution < -0.4 is 5.32 Å². The number of nitrogens with one attached hydrogen (secondary N) is 1. The summed E-state index contributed by atoms with van der Waals surface area (Å²) in [4.78, 5) is 21.8. The molecule has 0 saturated heterocycles. The van der Waals surface area contributed by atoms with Gasteiger partial charge in [0.15, 0.2) is 0 Å². The van der Waals surface area contributed by atoms with Gasteiger partial charge in [-0.25, -0.2) is 9.97 Å². The fraction of sp³-hybridized carbons (Fsp3) is 0.214. The maximum Gasteiger partial charge on any atom is 0.253 e. The highest BCUT2D eigenvalue weighted by atomic mass is 16.2. The highest BCUT2D eigenvalue weighted by molar-refractivity contribution is 5.95. The minimum Gasteiger partial charge on any atom is -0.373 e. The SMILES string of the molecule is CNc1cc(-c2cccc(C(=O)N(C)C)c2)ncn1. The summed E-state index contributed by atoms with van der Waals surface area (Å²) in [6, 6.07) is 9.26. The second-order valence-corrected chi connectivity index (χ2v) is 4.32. The third-order valence-electron chi connectivity index (χ3n) is 2.73. The van der Waals surface area contributed by atoms with E-state index in [9.17, 15) is 4.79 Å². The summed E-state index contributed by atoms with van der Waals surface area (Å²) in [5, 5.41) is 2.97. The highest BCUT2D eigenvalue weighted by Gasteiger charge is 2.09. The van der Waals surface area contributed by atoms with Gasteiger partial charge in [-0.05, 0) is 12.1 Å². The third-order valence-corrected chi connectivity index (χ3v) is 2.73. The van der Waals surface area contributed by atoms with Gasteiger partial charge in [0.1, 0.15) is 12.1 Å². The quantitative estimate of drug-likeness (QED) is 0.911. The molecule has 1 aromatic heterocycles. The molecular weight excluding hydrogens is 240 g/mol. The number of hydrogen-bond donors (Lipinski definition) is 1. The minimum absolute atomic E-state index is 0.0234. The molecule has 2 rings (SSSR count). The predicted octanol–water partition coefficient (Wildman–Crippen LogP) is 1.89. The molecule has 0 unspecified atom stereocenters. The lowest BCUT2D eigenvalue weighted by Gasteiger charge is -2.11. The molecule has 0 atom stereocenters. The average Bonchev–Trinajstić information content (AvgIpc) is 2.46. The van der Waals surface area contributed by atoms with Gasteiger partial charge in [0, 0.05) is 38.3 Å². The smallest absolute Gasteiger partial charge is 0.253 e. The number of rotatable bonds is 3. The van der Waals surface area contributed by atoms with Gasteiger partial charge in [-0.2, -0.15) is 0 Å². The first-order valence-corrected chi connectivity index (χ1v) is 5.93. The zero-order valence-electron chi connectivity index (χ0n) is 11.2. The molecule has 0 radical (unpaired) electrons. The molecule has 1 amide bonds. The maximum absolute atomic E-state index is 11.9. The van der Waals surface area contributed by atoms with Crippen molar-refractivity contribution in [1.82, 2.24) is 14.9 Å². The van der Waals surface area contributed by atoms with Crippen molar-refractivity contribution in [3.05, 3.63) is 42.2 Å². The largest absolute Gasteiger partial charge is 0.373 e. The fourth-order valence-electron chi connectivity index (χ4n) is 1.72. The topological polar surface area (TPSA) is 58.1 Å². The number of anilines is 1. The molecule has 0 bridgehead atoms. The van der Waals surface area contributed by atoms with Crippen molar-refractivity contribution in [2.45, 2.75) is 0 Å². The van der Waals surface area contributed by atoms with Gasteiger partial charge in [-0.3, -0.25) is 4.79 Å². The Morgan fingerprint density at radius 2 is 2.00 bits per heavy atom. The van der Waals surface area contributed by atoms with Crippen molar-refractivity contribution in [3.8, 4) is 11.3 Å². The molecule has 1 N–H and O–H groups in total. The van der Waals surface area contributed by atoms with Gasteiger partial charge >= 0.3 is 0 Å². The van der Waals surface area contributed by atoms with E-state index in [1.807, 2.05) is 24.3 Å². The molecule has 0 aliphatic carbocycles. The van der Waals surface area contributed by atoms with Crippen LogP contribution in [-0.2, 0) is 0 Å². The Kier molecular flexibility index (Phi) is 3.75. The van der Waals surface area contributed by atoms with Crippen LogP contribution in [0.1, 0.15) is 10.4 Å². The number of hydrogen-bond acceptors (Lipinski definition) is 4. The van der Waals surface area contributed by atoms with E-state index in [0.29, 0.717) is 5.56 Å². The monoisotopic (exact) mass is 256 g/mol. The molecule has 0 saturated carbocycles. The molecule has 5 heteroatoms. The average molecular weight is 256 g/mol. The molecule has 2 aromatic rings. The first kappa shape index (κ1) is 13.0. The number of amides is 1. The van der Waals surface area contributed by atoms with E-state index in [2.05, 4.69) is 15.3 Å². The highest BCUT2D eigenvalue weighted by Crippen LogP contribution is 2.20. The summed E-state index contributed by atoms with van der Waals surface area (Å²) in [5.74, 6) is 0.721.